The maximum Gasteiger partial charge on any atom is 0.277 e. The maximum absolute atomic E-state index is 11.9. The zero-order valence-corrected chi connectivity index (χ0v) is 10.7. The fourth-order valence-corrected chi connectivity index (χ4v) is 3.70. The van der Waals surface area contributed by atoms with Crippen LogP contribution in [0.2, 0.25) is 0 Å². The van der Waals surface area contributed by atoms with E-state index < -0.39 is 22.4 Å². The predicted octanol–water partition coefficient (Wildman–Crippen LogP) is 0.231. The normalized spacial score (nSPS) is 27.2. The summed E-state index contributed by atoms with van der Waals surface area (Å²) in [7, 11) is -3.54. The van der Waals surface area contributed by atoms with E-state index in [1.807, 2.05) is 24.3 Å². The monoisotopic (exact) mass is 268 g/mol. The van der Waals surface area contributed by atoms with Gasteiger partial charge in [-0.1, -0.05) is 24.3 Å². The summed E-state index contributed by atoms with van der Waals surface area (Å²) in [6.45, 7) is 0. The molecule has 0 radical (unpaired) electrons. The zero-order valence-electron chi connectivity index (χ0n) is 9.83. The predicted molar refractivity (Wildman–Crippen MR) is 67.1 cm³/mol. The van der Waals surface area contributed by atoms with Crippen molar-refractivity contribution in [3.05, 3.63) is 35.4 Å². The Labute approximate surface area is 106 Å². The van der Waals surface area contributed by atoms with Crippen molar-refractivity contribution in [3.63, 3.8) is 0 Å². The minimum absolute atomic E-state index is 0.0660. The molecule has 2 aliphatic rings. The van der Waals surface area contributed by atoms with E-state index in [-0.39, 0.29) is 6.04 Å². The molecule has 1 fully saturated rings. The highest BCUT2D eigenvalue weighted by molar-refractivity contribution is 7.87. The van der Waals surface area contributed by atoms with Gasteiger partial charge in [-0.15, -0.1) is 0 Å². The standard InChI is InChI=1S/C12H16N2O3S/c15-11-7-8-3-1-2-4-10(8)12(11)14-18(16,17)13-9-5-6-9/h1-4,9,11-15H,5-7H2. The van der Waals surface area contributed by atoms with E-state index in [4.69, 9.17) is 0 Å². The van der Waals surface area contributed by atoms with Crippen LogP contribution in [0.1, 0.15) is 30.0 Å². The van der Waals surface area contributed by atoms with Gasteiger partial charge in [0.2, 0.25) is 0 Å². The van der Waals surface area contributed by atoms with E-state index in [9.17, 15) is 13.5 Å². The molecule has 0 saturated heterocycles. The average Bonchev–Trinajstić information content (AvgIpc) is 3.04. The first kappa shape index (κ1) is 12.1. The van der Waals surface area contributed by atoms with Gasteiger partial charge in [0.15, 0.2) is 0 Å². The molecule has 2 unspecified atom stereocenters. The van der Waals surface area contributed by atoms with Gasteiger partial charge in [0, 0.05) is 12.5 Å². The van der Waals surface area contributed by atoms with Crippen molar-refractivity contribution in [2.45, 2.75) is 37.5 Å². The van der Waals surface area contributed by atoms with Crippen molar-refractivity contribution < 1.29 is 13.5 Å². The summed E-state index contributed by atoms with van der Waals surface area (Å²) in [6, 6.07) is 7.04. The van der Waals surface area contributed by atoms with Crippen LogP contribution in [0.25, 0.3) is 0 Å². The molecule has 0 bridgehead atoms. The highest BCUT2D eigenvalue weighted by atomic mass is 32.2. The largest absolute Gasteiger partial charge is 0.391 e. The minimum Gasteiger partial charge on any atom is -0.391 e. The molecule has 6 heteroatoms. The molecule has 18 heavy (non-hydrogen) atoms. The lowest BCUT2D eigenvalue weighted by Gasteiger charge is -2.18. The molecule has 1 aromatic carbocycles. The number of fused-ring (bicyclic) bond motifs is 1. The van der Waals surface area contributed by atoms with Gasteiger partial charge < -0.3 is 5.11 Å². The Morgan fingerprint density at radius 1 is 1.17 bits per heavy atom. The summed E-state index contributed by atoms with van der Waals surface area (Å²) >= 11 is 0. The van der Waals surface area contributed by atoms with Gasteiger partial charge in [-0.3, -0.25) is 0 Å². The van der Waals surface area contributed by atoms with E-state index in [1.54, 1.807) is 0 Å². The van der Waals surface area contributed by atoms with E-state index in [0.29, 0.717) is 6.42 Å². The van der Waals surface area contributed by atoms with Crippen molar-refractivity contribution in [2.24, 2.45) is 0 Å². The molecule has 3 rings (SSSR count). The van der Waals surface area contributed by atoms with Gasteiger partial charge in [0.25, 0.3) is 10.2 Å². The van der Waals surface area contributed by atoms with E-state index in [0.717, 1.165) is 24.0 Å². The van der Waals surface area contributed by atoms with E-state index >= 15 is 0 Å². The fraction of sp³-hybridized carbons (Fsp3) is 0.500. The van der Waals surface area contributed by atoms with Crippen molar-refractivity contribution in [1.82, 2.24) is 9.44 Å². The average molecular weight is 268 g/mol. The molecule has 2 aliphatic carbocycles. The first-order chi connectivity index (χ1) is 8.55. The SMILES string of the molecule is O=S(=O)(NC1CC1)NC1c2ccccc2CC1O. The van der Waals surface area contributed by atoms with Crippen LogP contribution in [-0.2, 0) is 16.6 Å². The number of benzene rings is 1. The summed E-state index contributed by atoms with van der Waals surface area (Å²) in [4.78, 5) is 0. The van der Waals surface area contributed by atoms with E-state index in [1.165, 1.54) is 0 Å². The molecule has 2 atom stereocenters. The Balaban J connectivity index is 1.80. The maximum atomic E-state index is 11.9. The molecule has 0 spiro atoms. The first-order valence-electron chi connectivity index (χ1n) is 6.10. The Morgan fingerprint density at radius 3 is 2.61 bits per heavy atom. The lowest BCUT2D eigenvalue weighted by Crippen LogP contribution is -2.42. The Hall–Kier alpha value is -0.950. The summed E-state index contributed by atoms with van der Waals surface area (Å²) in [5.74, 6) is 0. The minimum atomic E-state index is -3.54. The molecule has 1 saturated carbocycles. The molecule has 5 nitrogen and oxygen atoms in total. The molecule has 0 aliphatic heterocycles. The molecule has 0 amide bonds. The zero-order chi connectivity index (χ0) is 12.8. The van der Waals surface area contributed by atoms with Crippen LogP contribution in [0.4, 0.5) is 0 Å². The fourth-order valence-electron chi connectivity index (χ4n) is 2.34. The summed E-state index contributed by atoms with van der Waals surface area (Å²) in [5, 5.41) is 9.97. The van der Waals surface area contributed by atoms with Crippen molar-refractivity contribution in [3.8, 4) is 0 Å². The second-order valence-electron chi connectivity index (χ2n) is 4.96. The molecule has 98 valence electrons. The number of rotatable bonds is 4. The van der Waals surface area contributed by atoms with Crippen LogP contribution in [-0.4, -0.2) is 25.7 Å². The Morgan fingerprint density at radius 2 is 1.89 bits per heavy atom. The van der Waals surface area contributed by atoms with Crippen molar-refractivity contribution in [1.29, 1.82) is 0 Å². The third kappa shape index (κ3) is 2.42. The molecule has 0 aromatic heterocycles. The van der Waals surface area contributed by atoms with Crippen LogP contribution in [0.5, 0.6) is 0 Å². The molecular formula is C12H16N2O3S. The number of aliphatic hydroxyl groups excluding tert-OH is 1. The number of hydrogen-bond donors (Lipinski definition) is 3. The highest BCUT2D eigenvalue weighted by Gasteiger charge is 2.35. The molecule has 3 N–H and O–H groups in total. The van der Waals surface area contributed by atoms with Crippen LogP contribution < -0.4 is 9.44 Å². The molecule has 1 aromatic rings. The number of aliphatic hydroxyl groups is 1. The summed E-state index contributed by atoms with van der Waals surface area (Å²) < 4.78 is 28.8. The Kier molecular flexibility index (Phi) is 2.90. The van der Waals surface area contributed by atoms with Crippen molar-refractivity contribution >= 4 is 10.2 Å². The number of hydrogen-bond acceptors (Lipinski definition) is 3. The lowest BCUT2D eigenvalue weighted by atomic mass is 10.1. The smallest absolute Gasteiger partial charge is 0.277 e. The van der Waals surface area contributed by atoms with Crippen LogP contribution in [0, 0.1) is 0 Å². The summed E-state index contributed by atoms with van der Waals surface area (Å²) in [5.41, 5.74) is 1.87. The first-order valence-corrected chi connectivity index (χ1v) is 7.59. The van der Waals surface area contributed by atoms with Gasteiger partial charge in [-0.05, 0) is 24.0 Å². The van der Waals surface area contributed by atoms with Crippen LogP contribution in [0.15, 0.2) is 24.3 Å². The van der Waals surface area contributed by atoms with Crippen molar-refractivity contribution in [2.75, 3.05) is 0 Å². The van der Waals surface area contributed by atoms with Gasteiger partial charge in [-0.2, -0.15) is 17.9 Å². The highest BCUT2D eigenvalue weighted by Crippen LogP contribution is 2.31. The summed E-state index contributed by atoms with van der Waals surface area (Å²) in [6.07, 6.45) is 1.58. The topological polar surface area (TPSA) is 78.4 Å². The van der Waals surface area contributed by atoms with Crippen LogP contribution in [0.3, 0.4) is 0 Å². The Bertz CT molecular complexity index is 554. The van der Waals surface area contributed by atoms with Gasteiger partial charge in [0.05, 0.1) is 12.1 Å². The van der Waals surface area contributed by atoms with Gasteiger partial charge >= 0.3 is 0 Å². The second-order valence-corrected chi connectivity index (χ2v) is 6.44. The number of nitrogens with one attached hydrogen (secondary N) is 2. The molecule has 0 heterocycles. The quantitative estimate of drug-likeness (QED) is 0.731. The third-order valence-corrected chi connectivity index (χ3v) is 4.59. The van der Waals surface area contributed by atoms with Gasteiger partial charge in [-0.25, -0.2) is 0 Å². The van der Waals surface area contributed by atoms with E-state index in [2.05, 4.69) is 9.44 Å². The molecular weight excluding hydrogens is 252 g/mol. The third-order valence-electron chi connectivity index (χ3n) is 3.39. The van der Waals surface area contributed by atoms with Crippen LogP contribution >= 0.6 is 0 Å². The lowest BCUT2D eigenvalue weighted by molar-refractivity contribution is 0.151. The van der Waals surface area contributed by atoms with Gasteiger partial charge in [0.1, 0.15) is 0 Å². The second kappa shape index (κ2) is 4.31.